The van der Waals surface area contributed by atoms with Gasteiger partial charge >= 0.3 is 0 Å². The summed E-state index contributed by atoms with van der Waals surface area (Å²) in [7, 11) is 0. The Kier molecular flexibility index (Phi) is 1.78. The fraction of sp³-hybridized carbons (Fsp3) is 0.143. The van der Waals surface area contributed by atoms with Gasteiger partial charge in [0.1, 0.15) is 5.82 Å². The Morgan fingerprint density at radius 2 is 2.33 bits per heavy atom. The molecule has 1 radical (unpaired) electrons. The van der Waals surface area contributed by atoms with E-state index in [-0.39, 0.29) is 5.82 Å². The molecule has 1 heterocycles. The van der Waals surface area contributed by atoms with E-state index in [0.29, 0.717) is 0 Å². The zero-order valence-electron chi connectivity index (χ0n) is 5.13. The topological polar surface area (TPSA) is 12.9 Å². The van der Waals surface area contributed by atoms with Gasteiger partial charge in [-0.2, -0.15) is 0 Å². The van der Waals surface area contributed by atoms with Gasteiger partial charge < -0.3 is 0 Å². The summed E-state index contributed by atoms with van der Waals surface area (Å²) in [4.78, 5) is 3.65. The molecule has 0 fully saturated rings. The SMILES string of the molecule is C[CH]c1cncc(F)c1. The van der Waals surface area contributed by atoms with E-state index in [2.05, 4.69) is 4.98 Å². The number of nitrogens with zero attached hydrogens (tertiary/aromatic N) is 1. The maximum Gasteiger partial charge on any atom is 0.141 e. The van der Waals surface area contributed by atoms with Gasteiger partial charge in [0.15, 0.2) is 0 Å². The van der Waals surface area contributed by atoms with Crippen molar-refractivity contribution < 1.29 is 4.39 Å². The molecular formula is C7H7FN. The molecule has 0 saturated heterocycles. The molecule has 9 heavy (non-hydrogen) atoms. The highest BCUT2D eigenvalue weighted by Crippen LogP contribution is 2.01. The standard InChI is InChI=1S/C7H7FN/c1-2-6-3-7(8)5-9-4-6/h2-5H,1H3. The van der Waals surface area contributed by atoms with Crippen molar-refractivity contribution in [2.45, 2.75) is 6.92 Å². The number of aromatic nitrogens is 1. The van der Waals surface area contributed by atoms with E-state index >= 15 is 0 Å². The summed E-state index contributed by atoms with van der Waals surface area (Å²) in [5, 5.41) is 0. The van der Waals surface area contributed by atoms with Crippen molar-refractivity contribution in [1.29, 1.82) is 0 Å². The molecule has 0 bridgehead atoms. The van der Waals surface area contributed by atoms with E-state index in [0.717, 1.165) is 5.56 Å². The van der Waals surface area contributed by atoms with Crippen LogP contribution >= 0.6 is 0 Å². The third-order valence-corrected chi connectivity index (χ3v) is 1.06. The Hall–Kier alpha value is -0.920. The van der Waals surface area contributed by atoms with Crippen LogP contribution in [0.4, 0.5) is 4.39 Å². The molecule has 0 saturated carbocycles. The van der Waals surface area contributed by atoms with E-state index in [1.165, 1.54) is 12.3 Å². The van der Waals surface area contributed by atoms with Crippen LogP contribution in [0.5, 0.6) is 0 Å². The van der Waals surface area contributed by atoms with Gasteiger partial charge in [-0.1, -0.05) is 6.92 Å². The van der Waals surface area contributed by atoms with Crippen molar-refractivity contribution >= 4 is 0 Å². The summed E-state index contributed by atoms with van der Waals surface area (Å²) in [6.45, 7) is 1.84. The number of halogens is 1. The molecule has 1 nitrogen and oxygen atoms in total. The van der Waals surface area contributed by atoms with E-state index in [9.17, 15) is 4.39 Å². The summed E-state index contributed by atoms with van der Waals surface area (Å²) in [5.74, 6) is -0.286. The van der Waals surface area contributed by atoms with Crippen molar-refractivity contribution in [3.8, 4) is 0 Å². The Labute approximate surface area is 53.5 Å². The maximum absolute atomic E-state index is 12.3. The van der Waals surface area contributed by atoms with Crippen molar-refractivity contribution in [2.75, 3.05) is 0 Å². The lowest BCUT2D eigenvalue weighted by Gasteiger charge is -1.91. The lowest BCUT2D eigenvalue weighted by Crippen LogP contribution is -1.81. The summed E-state index contributed by atoms with van der Waals surface area (Å²) in [6.07, 6.45) is 4.60. The lowest BCUT2D eigenvalue weighted by molar-refractivity contribution is 0.620. The number of rotatable bonds is 1. The van der Waals surface area contributed by atoms with Crippen molar-refractivity contribution in [3.05, 3.63) is 36.3 Å². The molecule has 0 aliphatic heterocycles. The zero-order valence-corrected chi connectivity index (χ0v) is 5.13. The third-order valence-electron chi connectivity index (χ3n) is 1.06. The van der Waals surface area contributed by atoms with Crippen LogP contribution in [0.3, 0.4) is 0 Å². The van der Waals surface area contributed by atoms with Crippen LogP contribution in [0, 0.1) is 12.2 Å². The van der Waals surface area contributed by atoms with Crippen LogP contribution in [0.2, 0.25) is 0 Å². The molecule has 0 spiro atoms. The Morgan fingerprint density at radius 3 is 2.78 bits per heavy atom. The molecule has 0 aromatic carbocycles. The van der Waals surface area contributed by atoms with E-state index in [4.69, 9.17) is 0 Å². The van der Waals surface area contributed by atoms with Crippen molar-refractivity contribution in [3.63, 3.8) is 0 Å². The van der Waals surface area contributed by atoms with E-state index < -0.39 is 0 Å². The molecule has 2 heteroatoms. The van der Waals surface area contributed by atoms with Crippen LogP contribution in [-0.2, 0) is 0 Å². The molecular weight excluding hydrogens is 117 g/mol. The molecule has 0 unspecified atom stereocenters. The van der Waals surface area contributed by atoms with Crippen molar-refractivity contribution in [2.24, 2.45) is 0 Å². The predicted octanol–water partition coefficient (Wildman–Crippen LogP) is 1.79. The number of hydrogen-bond acceptors (Lipinski definition) is 1. The van der Waals surface area contributed by atoms with Gasteiger partial charge in [0.2, 0.25) is 0 Å². The first-order valence-electron chi connectivity index (χ1n) is 2.73. The van der Waals surface area contributed by atoms with Gasteiger partial charge in [0, 0.05) is 6.20 Å². The first-order chi connectivity index (χ1) is 4.33. The summed E-state index contributed by atoms with van der Waals surface area (Å²) < 4.78 is 12.3. The minimum atomic E-state index is -0.286. The average Bonchev–Trinajstić information content (AvgIpc) is 1.88. The Balaban J connectivity index is 2.94. The lowest BCUT2D eigenvalue weighted by atomic mass is 10.2. The minimum Gasteiger partial charge on any atom is -0.261 e. The second kappa shape index (κ2) is 2.58. The minimum absolute atomic E-state index is 0.286. The first kappa shape index (κ1) is 6.20. The fourth-order valence-electron chi connectivity index (χ4n) is 0.586. The summed E-state index contributed by atoms with van der Waals surface area (Å²) >= 11 is 0. The zero-order chi connectivity index (χ0) is 6.69. The molecule has 1 aromatic rings. The molecule has 0 aliphatic carbocycles. The molecule has 47 valence electrons. The summed E-state index contributed by atoms with van der Waals surface area (Å²) in [6, 6.07) is 1.44. The van der Waals surface area contributed by atoms with Gasteiger partial charge in [-0.15, -0.1) is 0 Å². The molecule has 0 aliphatic rings. The van der Waals surface area contributed by atoms with Crippen LogP contribution in [0.15, 0.2) is 18.5 Å². The molecule has 1 aromatic heterocycles. The van der Waals surface area contributed by atoms with Crippen LogP contribution in [0.25, 0.3) is 0 Å². The van der Waals surface area contributed by atoms with Gasteiger partial charge in [0.05, 0.1) is 6.20 Å². The number of hydrogen-bond donors (Lipinski definition) is 0. The Morgan fingerprint density at radius 1 is 1.56 bits per heavy atom. The van der Waals surface area contributed by atoms with E-state index in [1.807, 2.05) is 6.92 Å². The van der Waals surface area contributed by atoms with Gasteiger partial charge in [-0.05, 0) is 18.1 Å². The second-order valence-corrected chi connectivity index (χ2v) is 1.73. The monoisotopic (exact) mass is 124 g/mol. The summed E-state index contributed by atoms with van der Waals surface area (Å²) in [5.41, 5.74) is 0.815. The highest BCUT2D eigenvalue weighted by atomic mass is 19.1. The van der Waals surface area contributed by atoms with Crippen LogP contribution in [-0.4, -0.2) is 4.98 Å². The fourth-order valence-corrected chi connectivity index (χ4v) is 0.586. The van der Waals surface area contributed by atoms with Crippen molar-refractivity contribution in [1.82, 2.24) is 4.98 Å². The molecule has 1 rings (SSSR count). The molecule has 0 amide bonds. The van der Waals surface area contributed by atoms with Crippen LogP contribution in [0.1, 0.15) is 12.5 Å². The molecule has 0 N–H and O–H groups in total. The number of pyridine rings is 1. The van der Waals surface area contributed by atoms with Gasteiger partial charge in [-0.3, -0.25) is 4.98 Å². The van der Waals surface area contributed by atoms with Crippen LogP contribution < -0.4 is 0 Å². The molecule has 0 atom stereocenters. The van der Waals surface area contributed by atoms with Gasteiger partial charge in [-0.25, -0.2) is 4.39 Å². The first-order valence-corrected chi connectivity index (χ1v) is 2.73. The predicted molar refractivity (Wildman–Crippen MR) is 33.3 cm³/mol. The quantitative estimate of drug-likeness (QED) is 0.556. The highest BCUT2D eigenvalue weighted by Gasteiger charge is 1.90. The smallest absolute Gasteiger partial charge is 0.141 e. The highest BCUT2D eigenvalue weighted by molar-refractivity contribution is 5.17. The third kappa shape index (κ3) is 1.49. The largest absolute Gasteiger partial charge is 0.261 e. The maximum atomic E-state index is 12.3. The normalized spacial score (nSPS) is 9.56. The van der Waals surface area contributed by atoms with Gasteiger partial charge in [0.25, 0.3) is 0 Å². The Bertz CT molecular complexity index is 198. The average molecular weight is 124 g/mol. The second-order valence-electron chi connectivity index (χ2n) is 1.73. The van der Waals surface area contributed by atoms with E-state index in [1.54, 1.807) is 12.6 Å².